The molecule has 0 saturated carbocycles. The van der Waals surface area contributed by atoms with Gasteiger partial charge in [0.05, 0.1) is 23.9 Å². The summed E-state index contributed by atoms with van der Waals surface area (Å²) in [6, 6.07) is 11.2. The fraction of sp³-hybridized carbons (Fsp3) is 0.278. The van der Waals surface area contributed by atoms with Crippen LogP contribution in [0.25, 0.3) is 0 Å². The summed E-state index contributed by atoms with van der Waals surface area (Å²) >= 11 is 0. The Balaban J connectivity index is 2.34. The summed E-state index contributed by atoms with van der Waals surface area (Å²) in [7, 11) is -4.06. The van der Waals surface area contributed by atoms with Gasteiger partial charge in [0.2, 0.25) is 20.0 Å². The summed E-state index contributed by atoms with van der Waals surface area (Å²) in [5, 5.41) is 2.72. The van der Waals surface area contributed by atoms with Gasteiger partial charge in [-0.05, 0) is 42.8 Å². The molecule has 2 aromatic carbocycles. The van der Waals surface area contributed by atoms with Crippen molar-refractivity contribution in [2.45, 2.75) is 6.92 Å². The number of benzene rings is 2. The predicted octanol–water partition coefficient (Wildman–Crippen LogP) is 2.04. The summed E-state index contributed by atoms with van der Waals surface area (Å²) in [4.78, 5) is 12.7. The van der Waals surface area contributed by atoms with Crippen molar-refractivity contribution in [2.75, 3.05) is 40.5 Å². The summed E-state index contributed by atoms with van der Waals surface area (Å²) in [6.45, 7) is 1.67. The van der Waals surface area contributed by atoms with E-state index in [1.165, 1.54) is 14.1 Å². The fourth-order valence-electron chi connectivity index (χ4n) is 2.56. The van der Waals surface area contributed by atoms with Crippen molar-refractivity contribution in [3.05, 3.63) is 53.6 Å². The van der Waals surface area contributed by atoms with Crippen molar-refractivity contribution in [1.82, 2.24) is 0 Å². The maximum atomic E-state index is 12.7. The molecule has 0 heterocycles. The first kappa shape index (κ1) is 21.7. The average Bonchev–Trinajstić information content (AvgIpc) is 2.59. The van der Waals surface area contributed by atoms with Gasteiger partial charge >= 0.3 is 0 Å². The number of hydrogen-bond acceptors (Lipinski definition) is 5. The molecule has 0 aliphatic heterocycles. The minimum atomic E-state index is -3.47. The van der Waals surface area contributed by atoms with Gasteiger partial charge in [0.25, 0.3) is 5.91 Å². The highest BCUT2D eigenvalue weighted by Gasteiger charge is 2.19. The molecule has 0 spiro atoms. The van der Waals surface area contributed by atoms with Gasteiger partial charge in [-0.15, -0.1) is 0 Å². The minimum absolute atomic E-state index is 0.315. The van der Waals surface area contributed by atoms with E-state index >= 15 is 0 Å². The highest BCUT2D eigenvalue weighted by molar-refractivity contribution is 7.92. The van der Waals surface area contributed by atoms with E-state index in [0.29, 0.717) is 28.2 Å². The SMILES string of the molecule is Cc1c(C(=O)Nc2cccc(N(C)S(C)(=O)=O)c2)cccc1N(C)S(C)(=O)=O. The molecule has 152 valence electrons. The largest absolute Gasteiger partial charge is 0.322 e. The lowest BCUT2D eigenvalue weighted by Crippen LogP contribution is -2.26. The van der Waals surface area contributed by atoms with Crippen molar-refractivity contribution in [1.29, 1.82) is 0 Å². The third-order valence-electron chi connectivity index (χ3n) is 4.35. The number of amides is 1. The molecule has 0 bridgehead atoms. The zero-order valence-corrected chi connectivity index (χ0v) is 17.9. The van der Waals surface area contributed by atoms with Crippen molar-refractivity contribution in [3.63, 3.8) is 0 Å². The maximum absolute atomic E-state index is 12.7. The first-order valence-corrected chi connectivity index (χ1v) is 11.9. The Morgan fingerprint density at radius 1 is 0.893 bits per heavy atom. The van der Waals surface area contributed by atoms with Gasteiger partial charge in [0, 0.05) is 25.3 Å². The van der Waals surface area contributed by atoms with Crippen LogP contribution in [0.3, 0.4) is 0 Å². The molecule has 0 unspecified atom stereocenters. The fourth-order valence-corrected chi connectivity index (χ4v) is 3.61. The summed E-state index contributed by atoms with van der Waals surface area (Å²) < 4.78 is 49.2. The van der Waals surface area contributed by atoms with E-state index in [4.69, 9.17) is 0 Å². The lowest BCUT2D eigenvalue weighted by molar-refractivity contribution is 0.102. The number of carbonyl (C=O) groups excluding carboxylic acids is 1. The second-order valence-electron chi connectivity index (χ2n) is 6.42. The Labute approximate surface area is 165 Å². The number of carbonyl (C=O) groups is 1. The third-order valence-corrected chi connectivity index (χ3v) is 6.75. The van der Waals surface area contributed by atoms with Gasteiger partial charge in [-0.3, -0.25) is 13.4 Å². The van der Waals surface area contributed by atoms with Crippen molar-refractivity contribution >= 4 is 43.0 Å². The monoisotopic (exact) mass is 425 g/mol. The van der Waals surface area contributed by atoms with Crippen LogP contribution in [0.4, 0.5) is 17.1 Å². The van der Waals surface area contributed by atoms with Gasteiger partial charge in [-0.25, -0.2) is 16.8 Å². The Kier molecular flexibility index (Phi) is 6.05. The Bertz CT molecular complexity index is 1110. The predicted molar refractivity (Wildman–Crippen MR) is 112 cm³/mol. The zero-order valence-electron chi connectivity index (χ0n) is 16.3. The second-order valence-corrected chi connectivity index (χ2v) is 10.4. The van der Waals surface area contributed by atoms with Crippen LogP contribution >= 0.6 is 0 Å². The highest BCUT2D eigenvalue weighted by atomic mass is 32.2. The zero-order chi connectivity index (χ0) is 21.3. The first-order valence-electron chi connectivity index (χ1n) is 8.21. The smallest absolute Gasteiger partial charge is 0.256 e. The molecule has 2 aromatic rings. The molecule has 1 amide bonds. The Hall–Kier alpha value is -2.59. The van der Waals surface area contributed by atoms with Crippen LogP contribution in [0.5, 0.6) is 0 Å². The van der Waals surface area contributed by atoms with Crippen LogP contribution in [-0.2, 0) is 20.0 Å². The van der Waals surface area contributed by atoms with E-state index < -0.39 is 26.0 Å². The molecule has 2 rings (SSSR count). The summed E-state index contributed by atoms with van der Waals surface area (Å²) in [5.41, 5.74) is 2.05. The maximum Gasteiger partial charge on any atom is 0.256 e. The van der Waals surface area contributed by atoms with Crippen molar-refractivity contribution < 1.29 is 21.6 Å². The average molecular weight is 426 g/mol. The van der Waals surface area contributed by atoms with Crippen molar-refractivity contribution in [3.8, 4) is 0 Å². The van der Waals surface area contributed by atoms with Gasteiger partial charge in [0.1, 0.15) is 0 Å². The first-order chi connectivity index (χ1) is 12.8. The van der Waals surface area contributed by atoms with Crippen LogP contribution in [0.15, 0.2) is 42.5 Å². The van der Waals surface area contributed by atoms with E-state index in [9.17, 15) is 21.6 Å². The van der Waals surface area contributed by atoms with E-state index in [-0.39, 0.29) is 0 Å². The number of sulfonamides is 2. The highest BCUT2D eigenvalue weighted by Crippen LogP contribution is 2.26. The molecule has 10 heteroatoms. The third kappa shape index (κ3) is 4.82. The molecule has 0 saturated heterocycles. The second kappa shape index (κ2) is 7.80. The number of hydrogen-bond donors (Lipinski definition) is 1. The lowest BCUT2D eigenvalue weighted by atomic mass is 10.1. The summed E-state index contributed by atoms with van der Waals surface area (Å²) in [6.07, 6.45) is 2.17. The topological polar surface area (TPSA) is 104 Å². The van der Waals surface area contributed by atoms with Crippen LogP contribution in [0, 0.1) is 6.92 Å². The molecule has 0 aromatic heterocycles. The van der Waals surface area contributed by atoms with Crippen molar-refractivity contribution in [2.24, 2.45) is 0 Å². The lowest BCUT2D eigenvalue weighted by Gasteiger charge is -2.21. The number of anilines is 3. The molecule has 1 N–H and O–H groups in total. The van der Waals surface area contributed by atoms with Gasteiger partial charge in [-0.2, -0.15) is 0 Å². The molecule has 0 aliphatic carbocycles. The van der Waals surface area contributed by atoms with Gasteiger partial charge in [-0.1, -0.05) is 12.1 Å². The Morgan fingerprint density at radius 2 is 1.46 bits per heavy atom. The quantitative estimate of drug-likeness (QED) is 0.763. The van der Waals surface area contributed by atoms with Crippen LogP contribution in [0.2, 0.25) is 0 Å². The molecule has 0 fully saturated rings. The molecular weight excluding hydrogens is 402 g/mol. The van der Waals surface area contributed by atoms with E-state index in [0.717, 1.165) is 21.1 Å². The summed E-state index contributed by atoms with van der Waals surface area (Å²) in [5.74, 6) is -0.430. The number of nitrogens with zero attached hydrogens (tertiary/aromatic N) is 2. The normalized spacial score (nSPS) is 11.8. The van der Waals surface area contributed by atoms with Crippen LogP contribution < -0.4 is 13.9 Å². The molecular formula is C18H23N3O5S2. The van der Waals surface area contributed by atoms with Crippen LogP contribution in [0.1, 0.15) is 15.9 Å². The molecule has 0 atom stereocenters. The van der Waals surface area contributed by atoms with Crippen LogP contribution in [-0.4, -0.2) is 49.3 Å². The standard InChI is InChI=1S/C18H23N3O5S2/c1-13-16(10-7-11-17(13)21(3)28(5,25)26)18(22)19-14-8-6-9-15(12-14)20(2)27(4,23)24/h6-12H,1-5H3,(H,19,22). The van der Waals surface area contributed by atoms with E-state index in [1.807, 2.05) is 0 Å². The van der Waals surface area contributed by atoms with E-state index in [1.54, 1.807) is 49.4 Å². The minimum Gasteiger partial charge on any atom is -0.322 e. The molecule has 0 radical (unpaired) electrons. The molecule has 8 nitrogen and oxygen atoms in total. The molecule has 0 aliphatic rings. The number of rotatable bonds is 6. The number of nitrogens with one attached hydrogen (secondary N) is 1. The molecule has 28 heavy (non-hydrogen) atoms. The Morgan fingerprint density at radius 3 is 2.04 bits per heavy atom. The van der Waals surface area contributed by atoms with Gasteiger partial charge < -0.3 is 5.32 Å². The van der Waals surface area contributed by atoms with Gasteiger partial charge in [0.15, 0.2) is 0 Å². The van der Waals surface area contributed by atoms with E-state index in [2.05, 4.69) is 5.32 Å².